The molecule has 1 aromatic rings. The van der Waals surface area contributed by atoms with Crippen LogP contribution in [-0.2, 0) is 11.3 Å². The zero-order valence-electron chi connectivity index (χ0n) is 9.85. The van der Waals surface area contributed by atoms with Crippen LogP contribution < -0.4 is 10.6 Å². The van der Waals surface area contributed by atoms with E-state index < -0.39 is 0 Å². The zero-order valence-corrected chi connectivity index (χ0v) is 10.7. The van der Waals surface area contributed by atoms with Gasteiger partial charge in [0.1, 0.15) is 0 Å². The first-order valence-corrected chi connectivity index (χ1v) is 6.72. The van der Waals surface area contributed by atoms with E-state index in [0.717, 1.165) is 16.1 Å². The van der Waals surface area contributed by atoms with Crippen molar-refractivity contribution in [2.45, 2.75) is 17.5 Å². The summed E-state index contributed by atoms with van der Waals surface area (Å²) in [4.78, 5) is 12.4. The lowest BCUT2D eigenvalue weighted by Gasteiger charge is -2.18. The molecule has 0 spiro atoms. The average molecular weight is 268 g/mol. The molecule has 1 aliphatic rings. The SMILES string of the molecule is O=C1CSc2ccc(CNC(CO)CO)cc2N1. The molecule has 1 aromatic carbocycles. The monoisotopic (exact) mass is 268 g/mol. The minimum Gasteiger partial charge on any atom is -0.395 e. The quantitative estimate of drug-likeness (QED) is 0.612. The standard InChI is InChI=1S/C12H16N2O3S/c15-5-9(6-16)13-4-8-1-2-11-10(3-8)14-12(17)7-18-11/h1-3,9,13,15-16H,4-7H2,(H,14,17). The van der Waals surface area contributed by atoms with E-state index in [2.05, 4.69) is 10.6 Å². The fourth-order valence-corrected chi connectivity index (χ4v) is 2.48. The van der Waals surface area contributed by atoms with Gasteiger partial charge in [-0.15, -0.1) is 11.8 Å². The summed E-state index contributed by atoms with van der Waals surface area (Å²) < 4.78 is 0. The van der Waals surface area contributed by atoms with Gasteiger partial charge in [-0.05, 0) is 17.7 Å². The first-order chi connectivity index (χ1) is 8.72. The fraction of sp³-hybridized carbons (Fsp3) is 0.417. The minimum atomic E-state index is -0.315. The molecule has 0 saturated carbocycles. The number of hydrogen-bond donors (Lipinski definition) is 4. The van der Waals surface area contributed by atoms with Crippen molar-refractivity contribution < 1.29 is 15.0 Å². The molecule has 0 bridgehead atoms. The second kappa shape index (κ2) is 6.19. The number of anilines is 1. The van der Waals surface area contributed by atoms with Gasteiger partial charge in [-0.2, -0.15) is 0 Å². The van der Waals surface area contributed by atoms with Crippen molar-refractivity contribution in [3.8, 4) is 0 Å². The van der Waals surface area contributed by atoms with Crippen LogP contribution in [0.5, 0.6) is 0 Å². The Morgan fingerprint density at radius 1 is 1.39 bits per heavy atom. The summed E-state index contributed by atoms with van der Waals surface area (Å²) in [5.41, 5.74) is 1.84. The van der Waals surface area contributed by atoms with Gasteiger partial charge in [0.2, 0.25) is 5.91 Å². The molecule has 0 atom stereocenters. The molecule has 0 radical (unpaired) electrons. The third-order valence-electron chi connectivity index (χ3n) is 2.71. The highest BCUT2D eigenvalue weighted by atomic mass is 32.2. The highest BCUT2D eigenvalue weighted by Crippen LogP contribution is 2.31. The van der Waals surface area contributed by atoms with Gasteiger partial charge in [-0.25, -0.2) is 0 Å². The lowest BCUT2D eigenvalue weighted by molar-refractivity contribution is -0.113. The van der Waals surface area contributed by atoms with E-state index in [1.54, 1.807) is 0 Å². The van der Waals surface area contributed by atoms with Gasteiger partial charge in [-0.3, -0.25) is 4.79 Å². The van der Waals surface area contributed by atoms with Gasteiger partial charge in [0.25, 0.3) is 0 Å². The van der Waals surface area contributed by atoms with Crippen molar-refractivity contribution in [2.24, 2.45) is 0 Å². The largest absolute Gasteiger partial charge is 0.395 e. The number of benzene rings is 1. The summed E-state index contributed by atoms with van der Waals surface area (Å²) in [6, 6.07) is 5.55. The van der Waals surface area contributed by atoms with Crippen LogP contribution in [0.15, 0.2) is 23.1 Å². The van der Waals surface area contributed by atoms with E-state index in [1.165, 1.54) is 11.8 Å². The van der Waals surface area contributed by atoms with Crippen LogP contribution >= 0.6 is 11.8 Å². The highest BCUT2D eigenvalue weighted by Gasteiger charge is 2.15. The Hall–Kier alpha value is -1.08. The predicted octanol–water partition coefficient (Wildman–Crippen LogP) is 0.174. The molecule has 0 aliphatic carbocycles. The van der Waals surface area contributed by atoms with Crippen molar-refractivity contribution in [2.75, 3.05) is 24.3 Å². The van der Waals surface area contributed by atoms with Crippen LogP contribution in [0.2, 0.25) is 0 Å². The molecule has 1 heterocycles. The number of carbonyl (C=O) groups is 1. The van der Waals surface area contributed by atoms with E-state index in [4.69, 9.17) is 10.2 Å². The molecule has 0 saturated heterocycles. The third kappa shape index (κ3) is 3.23. The lowest BCUT2D eigenvalue weighted by atomic mass is 10.2. The zero-order chi connectivity index (χ0) is 13.0. The lowest BCUT2D eigenvalue weighted by Crippen LogP contribution is -2.35. The number of amides is 1. The maximum Gasteiger partial charge on any atom is 0.234 e. The highest BCUT2D eigenvalue weighted by molar-refractivity contribution is 8.00. The summed E-state index contributed by atoms with van der Waals surface area (Å²) in [5.74, 6) is 0.475. The number of hydrogen-bond acceptors (Lipinski definition) is 5. The summed E-state index contributed by atoms with van der Waals surface area (Å²) in [6.07, 6.45) is 0. The van der Waals surface area contributed by atoms with Crippen molar-refractivity contribution in [3.05, 3.63) is 23.8 Å². The van der Waals surface area contributed by atoms with Crippen molar-refractivity contribution >= 4 is 23.4 Å². The van der Waals surface area contributed by atoms with Crippen molar-refractivity contribution in [1.29, 1.82) is 0 Å². The summed E-state index contributed by atoms with van der Waals surface area (Å²) >= 11 is 1.53. The molecule has 4 N–H and O–H groups in total. The number of thioether (sulfide) groups is 1. The molecule has 1 amide bonds. The Balaban J connectivity index is 2.02. The van der Waals surface area contributed by atoms with Gasteiger partial charge >= 0.3 is 0 Å². The second-order valence-corrected chi connectivity index (χ2v) is 5.13. The first-order valence-electron chi connectivity index (χ1n) is 5.73. The molecular formula is C12H16N2O3S. The number of nitrogens with one attached hydrogen (secondary N) is 2. The summed E-state index contributed by atoms with van der Waals surface area (Å²) in [5, 5.41) is 23.8. The molecule has 2 rings (SSSR count). The summed E-state index contributed by atoms with van der Waals surface area (Å²) in [6.45, 7) is 0.335. The number of carbonyl (C=O) groups excluding carboxylic acids is 1. The Morgan fingerprint density at radius 3 is 2.89 bits per heavy atom. The Kier molecular flexibility index (Phi) is 4.60. The van der Waals surface area contributed by atoms with Crippen LogP contribution in [0.25, 0.3) is 0 Å². The van der Waals surface area contributed by atoms with Crippen molar-refractivity contribution in [3.63, 3.8) is 0 Å². The maximum absolute atomic E-state index is 11.3. The number of rotatable bonds is 5. The van der Waals surface area contributed by atoms with Gasteiger partial charge in [0, 0.05) is 11.4 Å². The van der Waals surface area contributed by atoms with E-state index >= 15 is 0 Å². The Bertz CT molecular complexity index is 435. The topological polar surface area (TPSA) is 81.6 Å². The van der Waals surface area contributed by atoms with Crippen LogP contribution in [0.3, 0.4) is 0 Å². The second-order valence-electron chi connectivity index (χ2n) is 4.11. The molecular weight excluding hydrogens is 252 g/mol. The first kappa shape index (κ1) is 13.4. The van der Waals surface area contributed by atoms with E-state index in [0.29, 0.717) is 12.3 Å². The molecule has 5 nitrogen and oxygen atoms in total. The summed E-state index contributed by atoms with van der Waals surface area (Å²) in [7, 11) is 0. The number of fused-ring (bicyclic) bond motifs is 1. The molecule has 0 fully saturated rings. The molecule has 0 aromatic heterocycles. The number of aliphatic hydroxyl groups excluding tert-OH is 2. The van der Waals surface area contributed by atoms with Crippen LogP contribution in [-0.4, -0.2) is 41.1 Å². The van der Waals surface area contributed by atoms with Gasteiger partial charge in [-0.1, -0.05) is 6.07 Å². The van der Waals surface area contributed by atoms with Crippen LogP contribution in [0.4, 0.5) is 5.69 Å². The van der Waals surface area contributed by atoms with E-state index in [1.807, 2.05) is 18.2 Å². The molecule has 18 heavy (non-hydrogen) atoms. The predicted molar refractivity (Wildman–Crippen MR) is 70.6 cm³/mol. The van der Waals surface area contributed by atoms with Gasteiger partial charge in [0.15, 0.2) is 0 Å². The maximum atomic E-state index is 11.3. The molecule has 1 aliphatic heterocycles. The Labute approximate surface area is 110 Å². The smallest absolute Gasteiger partial charge is 0.234 e. The normalized spacial score (nSPS) is 14.5. The minimum absolute atomic E-state index is 0.0150. The number of aliphatic hydroxyl groups is 2. The van der Waals surface area contributed by atoms with Crippen LogP contribution in [0.1, 0.15) is 5.56 Å². The third-order valence-corrected chi connectivity index (χ3v) is 3.79. The molecule has 0 unspecified atom stereocenters. The Morgan fingerprint density at radius 2 is 2.17 bits per heavy atom. The fourth-order valence-electron chi connectivity index (χ4n) is 1.69. The van der Waals surface area contributed by atoms with Crippen LogP contribution in [0, 0.1) is 0 Å². The van der Waals surface area contributed by atoms with Gasteiger partial charge in [0.05, 0.1) is 30.7 Å². The van der Waals surface area contributed by atoms with Gasteiger partial charge < -0.3 is 20.8 Å². The van der Waals surface area contributed by atoms with E-state index in [-0.39, 0.29) is 25.2 Å². The molecule has 98 valence electrons. The molecule has 6 heteroatoms. The van der Waals surface area contributed by atoms with E-state index in [9.17, 15) is 4.79 Å². The van der Waals surface area contributed by atoms with Crippen molar-refractivity contribution in [1.82, 2.24) is 5.32 Å². The average Bonchev–Trinajstić information content (AvgIpc) is 2.39.